The fourth-order valence-electron chi connectivity index (χ4n) is 1.49. The first-order chi connectivity index (χ1) is 7.92. The third-order valence-corrected chi connectivity index (χ3v) is 2.35. The first kappa shape index (κ1) is 13.7. The summed E-state index contributed by atoms with van der Waals surface area (Å²) in [4.78, 5) is 11.3. The zero-order valence-corrected chi connectivity index (χ0v) is 10.2. The second kappa shape index (κ2) is 5.80. The fraction of sp³-hybridized carbons (Fsp3) is 0.462. The number of benzene rings is 1. The Hall–Kier alpha value is -1.39. The molecule has 0 radical (unpaired) electrons. The Kier molecular flexibility index (Phi) is 4.66. The van der Waals surface area contributed by atoms with Crippen molar-refractivity contribution in [2.75, 3.05) is 0 Å². The van der Waals surface area contributed by atoms with E-state index in [-0.39, 0.29) is 24.9 Å². The van der Waals surface area contributed by atoms with E-state index in [9.17, 15) is 9.90 Å². The van der Waals surface area contributed by atoms with Gasteiger partial charge in [0.25, 0.3) is 0 Å². The van der Waals surface area contributed by atoms with Gasteiger partial charge < -0.3 is 9.84 Å². The molecule has 0 saturated carbocycles. The first-order valence-electron chi connectivity index (χ1n) is 5.68. The minimum Gasteiger partial charge on any atom is -0.463 e. The second-order valence-corrected chi connectivity index (χ2v) is 4.33. The molecule has 0 aliphatic rings. The van der Waals surface area contributed by atoms with E-state index in [4.69, 9.17) is 10.5 Å². The van der Waals surface area contributed by atoms with Gasteiger partial charge >= 0.3 is 5.97 Å². The molecule has 94 valence electrons. The summed E-state index contributed by atoms with van der Waals surface area (Å²) in [6.45, 7) is 3.56. The van der Waals surface area contributed by atoms with Gasteiger partial charge in [-0.25, -0.2) is 0 Å². The molecule has 1 aromatic carbocycles. The van der Waals surface area contributed by atoms with Crippen LogP contribution in [0.4, 0.5) is 0 Å². The van der Waals surface area contributed by atoms with Gasteiger partial charge in [-0.15, -0.1) is 0 Å². The average molecular weight is 237 g/mol. The molecule has 1 rings (SSSR count). The maximum Gasteiger partial charge on any atom is 0.306 e. The van der Waals surface area contributed by atoms with Gasteiger partial charge in [-0.05, 0) is 19.4 Å². The van der Waals surface area contributed by atoms with E-state index < -0.39 is 5.72 Å². The quantitative estimate of drug-likeness (QED) is 0.601. The smallest absolute Gasteiger partial charge is 0.306 e. The Morgan fingerprint density at radius 2 is 2.00 bits per heavy atom. The van der Waals surface area contributed by atoms with Gasteiger partial charge in [0, 0.05) is 12.8 Å². The lowest BCUT2D eigenvalue weighted by Gasteiger charge is -2.23. The number of ether oxygens (including phenoxy) is 1. The van der Waals surface area contributed by atoms with Crippen LogP contribution in [0, 0.1) is 0 Å². The molecular weight excluding hydrogens is 218 g/mol. The maximum atomic E-state index is 11.3. The zero-order valence-electron chi connectivity index (χ0n) is 10.2. The van der Waals surface area contributed by atoms with E-state index in [1.807, 2.05) is 6.07 Å². The molecule has 0 fully saturated rings. The Labute approximate surface area is 101 Å². The summed E-state index contributed by atoms with van der Waals surface area (Å²) in [6, 6.07) is 8.88. The van der Waals surface area contributed by atoms with Gasteiger partial charge in [-0.3, -0.25) is 10.5 Å². The molecule has 0 aromatic heterocycles. The normalized spacial score (nSPS) is 14.4. The fourth-order valence-corrected chi connectivity index (χ4v) is 1.49. The van der Waals surface area contributed by atoms with Crippen molar-refractivity contribution in [3.8, 4) is 0 Å². The van der Waals surface area contributed by atoms with E-state index in [2.05, 4.69) is 0 Å². The van der Waals surface area contributed by atoms with Crippen LogP contribution < -0.4 is 5.73 Å². The number of carbonyl (C=O) groups excluding carboxylic acids is 1. The lowest BCUT2D eigenvalue weighted by atomic mass is 9.99. The molecule has 1 aromatic rings. The van der Waals surface area contributed by atoms with Crippen LogP contribution in [0.25, 0.3) is 0 Å². The molecule has 0 bridgehead atoms. The Bertz CT molecular complexity index is 360. The number of aliphatic hydroxyl groups is 1. The number of hydrogen-bond acceptors (Lipinski definition) is 4. The van der Waals surface area contributed by atoms with Crippen LogP contribution in [0.15, 0.2) is 30.3 Å². The summed E-state index contributed by atoms with van der Waals surface area (Å²) >= 11 is 0. The molecule has 0 aliphatic carbocycles. The first-order valence-corrected chi connectivity index (χ1v) is 5.68. The molecule has 4 heteroatoms. The summed E-state index contributed by atoms with van der Waals surface area (Å²) in [5.74, 6) is -0.347. The predicted molar refractivity (Wildman–Crippen MR) is 65.0 cm³/mol. The molecule has 4 nitrogen and oxygen atoms in total. The van der Waals surface area contributed by atoms with Crippen molar-refractivity contribution < 1.29 is 14.6 Å². The summed E-state index contributed by atoms with van der Waals surface area (Å²) < 4.78 is 4.98. The summed E-state index contributed by atoms with van der Waals surface area (Å²) in [6.07, 6.45) is 0.0907. The SMILES string of the molecule is CC(C)OC(=O)CC[C@](N)(O)c1ccccc1. The topological polar surface area (TPSA) is 72.5 Å². The second-order valence-electron chi connectivity index (χ2n) is 4.33. The highest BCUT2D eigenvalue weighted by Gasteiger charge is 2.24. The van der Waals surface area contributed by atoms with E-state index in [1.54, 1.807) is 38.1 Å². The number of hydrogen-bond donors (Lipinski definition) is 2. The highest BCUT2D eigenvalue weighted by Crippen LogP contribution is 2.20. The van der Waals surface area contributed by atoms with Crippen molar-refractivity contribution in [2.24, 2.45) is 5.73 Å². The van der Waals surface area contributed by atoms with E-state index in [1.165, 1.54) is 0 Å². The molecular formula is C13H19NO3. The summed E-state index contributed by atoms with van der Waals surface area (Å²) in [5.41, 5.74) is 4.87. The molecule has 0 unspecified atom stereocenters. The van der Waals surface area contributed by atoms with Crippen LogP contribution in [-0.4, -0.2) is 17.2 Å². The Morgan fingerprint density at radius 1 is 1.41 bits per heavy atom. The third-order valence-electron chi connectivity index (χ3n) is 2.35. The van der Waals surface area contributed by atoms with Crippen molar-refractivity contribution in [2.45, 2.75) is 38.5 Å². The highest BCUT2D eigenvalue weighted by atomic mass is 16.5. The van der Waals surface area contributed by atoms with Crippen LogP contribution >= 0.6 is 0 Å². The average Bonchev–Trinajstić information content (AvgIpc) is 2.27. The van der Waals surface area contributed by atoms with Crippen LogP contribution in [-0.2, 0) is 15.3 Å². The van der Waals surface area contributed by atoms with Gasteiger partial charge in [0.05, 0.1) is 6.10 Å². The van der Waals surface area contributed by atoms with Crippen molar-refractivity contribution in [3.63, 3.8) is 0 Å². The van der Waals surface area contributed by atoms with Crippen LogP contribution in [0.2, 0.25) is 0 Å². The summed E-state index contributed by atoms with van der Waals surface area (Å²) in [7, 11) is 0. The lowest BCUT2D eigenvalue weighted by Crippen LogP contribution is -2.37. The maximum absolute atomic E-state index is 11.3. The minimum absolute atomic E-state index is 0.0973. The largest absolute Gasteiger partial charge is 0.463 e. The van der Waals surface area contributed by atoms with Crippen molar-refractivity contribution in [3.05, 3.63) is 35.9 Å². The van der Waals surface area contributed by atoms with Gasteiger partial charge in [-0.1, -0.05) is 30.3 Å². The number of rotatable bonds is 5. The number of carbonyl (C=O) groups is 1. The molecule has 3 N–H and O–H groups in total. The van der Waals surface area contributed by atoms with E-state index in [0.29, 0.717) is 5.56 Å². The van der Waals surface area contributed by atoms with Crippen LogP contribution in [0.5, 0.6) is 0 Å². The van der Waals surface area contributed by atoms with Gasteiger partial charge in [-0.2, -0.15) is 0 Å². The third kappa shape index (κ3) is 4.54. The van der Waals surface area contributed by atoms with E-state index in [0.717, 1.165) is 0 Å². The van der Waals surface area contributed by atoms with Crippen molar-refractivity contribution in [1.29, 1.82) is 0 Å². The molecule has 0 heterocycles. The molecule has 17 heavy (non-hydrogen) atoms. The Balaban J connectivity index is 2.53. The Morgan fingerprint density at radius 3 is 2.53 bits per heavy atom. The molecule has 0 saturated heterocycles. The van der Waals surface area contributed by atoms with Crippen molar-refractivity contribution >= 4 is 5.97 Å². The molecule has 0 spiro atoms. The standard InChI is InChI=1S/C13H19NO3/c1-10(2)17-12(15)8-9-13(14,16)11-6-4-3-5-7-11/h3-7,10,16H,8-9,14H2,1-2H3/t13-/m0/s1. The molecule has 0 amide bonds. The monoisotopic (exact) mass is 237 g/mol. The predicted octanol–water partition coefficient (Wildman–Crippen LogP) is 1.52. The van der Waals surface area contributed by atoms with Crippen molar-refractivity contribution in [1.82, 2.24) is 0 Å². The van der Waals surface area contributed by atoms with Crippen LogP contribution in [0.3, 0.4) is 0 Å². The highest BCUT2D eigenvalue weighted by molar-refractivity contribution is 5.69. The summed E-state index contributed by atoms with van der Waals surface area (Å²) in [5, 5.41) is 10.0. The van der Waals surface area contributed by atoms with Gasteiger partial charge in [0.2, 0.25) is 0 Å². The van der Waals surface area contributed by atoms with E-state index >= 15 is 0 Å². The van der Waals surface area contributed by atoms with Gasteiger partial charge in [0.15, 0.2) is 0 Å². The lowest BCUT2D eigenvalue weighted by molar-refractivity contribution is -0.148. The zero-order chi connectivity index (χ0) is 12.9. The number of nitrogens with two attached hydrogens (primary N) is 1. The molecule has 0 aliphatic heterocycles. The van der Waals surface area contributed by atoms with Gasteiger partial charge in [0.1, 0.15) is 5.72 Å². The minimum atomic E-state index is -1.49. The van der Waals surface area contributed by atoms with Crippen LogP contribution in [0.1, 0.15) is 32.3 Å². The molecule has 1 atom stereocenters. The number of esters is 1.